The molecule has 0 bridgehead atoms. The van der Waals surface area contributed by atoms with Crippen molar-refractivity contribution in [3.63, 3.8) is 0 Å². The number of nitrogens with one attached hydrogen (secondary N) is 3. The van der Waals surface area contributed by atoms with Gasteiger partial charge in [-0.2, -0.15) is 0 Å². The molecule has 1 aromatic rings. The van der Waals surface area contributed by atoms with E-state index in [1.807, 2.05) is 6.92 Å². The summed E-state index contributed by atoms with van der Waals surface area (Å²) in [5, 5.41) is 3.18. The third-order valence-corrected chi connectivity index (χ3v) is 5.59. The summed E-state index contributed by atoms with van der Waals surface area (Å²) in [4.78, 5) is 3.35. The second-order valence-electron chi connectivity index (χ2n) is 6.38. The predicted molar refractivity (Wildman–Crippen MR) is 84.5 cm³/mol. The Labute approximate surface area is 128 Å². The van der Waals surface area contributed by atoms with E-state index in [4.69, 9.17) is 0 Å². The van der Waals surface area contributed by atoms with Crippen LogP contribution in [0.2, 0.25) is 0 Å². The number of rotatable bonds is 6. The second-order valence-corrected chi connectivity index (χ2v) is 8.09. The average Bonchev–Trinajstić information content (AvgIpc) is 2.84. The van der Waals surface area contributed by atoms with Gasteiger partial charge in [-0.05, 0) is 43.7 Å². The normalized spacial score (nSPS) is 26.9. The third kappa shape index (κ3) is 4.56. The van der Waals surface area contributed by atoms with Crippen molar-refractivity contribution in [3.8, 4) is 0 Å². The van der Waals surface area contributed by atoms with Crippen LogP contribution in [0.4, 0.5) is 0 Å². The van der Waals surface area contributed by atoms with E-state index in [1.54, 1.807) is 12.3 Å². The Balaban J connectivity index is 2.02. The molecule has 6 heteroatoms. The Hall–Kier alpha value is -0.850. The van der Waals surface area contributed by atoms with Crippen molar-refractivity contribution < 1.29 is 8.42 Å². The second kappa shape index (κ2) is 6.94. The van der Waals surface area contributed by atoms with Crippen LogP contribution in [-0.4, -0.2) is 26.0 Å². The fraction of sp³-hybridized carbons (Fsp3) is 0.733. The molecule has 0 aliphatic heterocycles. The number of sulfonamides is 1. The highest BCUT2D eigenvalue weighted by atomic mass is 32.2. The van der Waals surface area contributed by atoms with E-state index in [0.717, 1.165) is 25.1 Å². The molecule has 2 atom stereocenters. The Morgan fingerprint density at radius 3 is 2.52 bits per heavy atom. The van der Waals surface area contributed by atoms with Crippen molar-refractivity contribution in [1.29, 1.82) is 0 Å². The Kier molecular flexibility index (Phi) is 5.46. The quantitative estimate of drug-likeness (QED) is 0.754. The van der Waals surface area contributed by atoms with Gasteiger partial charge in [0.05, 0.1) is 4.90 Å². The van der Waals surface area contributed by atoms with E-state index in [-0.39, 0.29) is 6.04 Å². The molecule has 2 unspecified atom stereocenters. The summed E-state index contributed by atoms with van der Waals surface area (Å²) in [7, 11) is -3.42. The molecule has 0 spiro atoms. The molecule has 0 amide bonds. The largest absolute Gasteiger partial charge is 0.363 e. The summed E-state index contributed by atoms with van der Waals surface area (Å²) in [6, 6.07) is 1.77. The van der Waals surface area contributed by atoms with E-state index in [0.29, 0.717) is 23.3 Å². The molecule has 120 valence electrons. The molecule has 1 aliphatic rings. The van der Waals surface area contributed by atoms with Crippen molar-refractivity contribution in [1.82, 2.24) is 15.0 Å². The van der Waals surface area contributed by atoms with Gasteiger partial charge in [-0.3, -0.25) is 0 Å². The maximum Gasteiger partial charge on any atom is 0.242 e. The van der Waals surface area contributed by atoms with Crippen LogP contribution >= 0.6 is 0 Å². The SMILES string of the molecule is CCNCc1cc(S(=O)(=O)NC2CC(C)CC(C)C2)c[nH]1. The van der Waals surface area contributed by atoms with E-state index in [2.05, 4.69) is 28.9 Å². The first kappa shape index (κ1) is 16.5. The zero-order chi connectivity index (χ0) is 15.5. The molecule has 5 nitrogen and oxygen atoms in total. The summed E-state index contributed by atoms with van der Waals surface area (Å²) in [5.41, 5.74) is 0.891. The predicted octanol–water partition coefficient (Wildman–Crippen LogP) is 2.23. The van der Waals surface area contributed by atoms with Gasteiger partial charge in [0.2, 0.25) is 10.0 Å². The van der Waals surface area contributed by atoms with Gasteiger partial charge in [-0.15, -0.1) is 0 Å². The molecule has 1 heterocycles. The maximum atomic E-state index is 12.4. The highest BCUT2D eigenvalue weighted by Crippen LogP contribution is 2.29. The van der Waals surface area contributed by atoms with Crippen molar-refractivity contribution in [2.75, 3.05) is 6.54 Å². The fourth-order valence-corrected chi connectivity index (χ4v) is 4.55. The highest BCUT2D eigenvalue weighted by molar-refractivity contribution is 7.89. The van der Waals surface area contributed by atoms with Gasteiger partial charge >= 0.3 is 0 Å². The molecule has 0 aromatic carbocycles. The van der Waals surface area contributed by atoms with Crippen LogP contribution < -0.4 is 10.0 Å². The van der Waals surface area contributed by atoms with Gasteiger partial charge in [0.25, 0.3) is 0 Å². The zero-order valence-corrected chi connectivity index (χ0v) is 14.0. The molecular weight excluding hydrogens is 286 g/mol. The van der Waals surface area contributed by atoms with Crippen LogP contribution in [0.3, 0.4) is 0 Å². The first-order valence-corrected chi connectivity index (χ1v) is 9.29. The molecular formula is C15H27N3O2S. The molecule has 3 N–H and O–H groups in total. The zero-order valence-electron chi connectivity index (χ0n) is 13.1. The number of hydrogen-bond acceptors (Lipinski definition) is 3. The Bertz CT molecular complexity index is 543. The van der Waals surface area contributed by atoms with Gasteiger partial charge in [0, 0.05) is 24.5 Å². The van der Waals surface area contributed by atoms with Crippen LogP contribution in [0.5, 0.6) is 0 Å². The van der Waals surface area contributed by atoms with Crippen molar-refractivity contribution in [3.05, 3.63) is 18.0 Å². The Morgan fingerprint density at radius 2 is 1.90 bits per heavy atom. The van der Waals surface area contributed by atoms with Crippen molar-refractivity contribution >= 4 is 10.0 Å². The highest BCUT2D eigenvalue weighted by Gasteiger charge is 2.28. The number of H-pyrrole nitrogens is 1. The van der Waals surface area contributed by atoms with Gasteiger partial charge in [-0.25, -0.2) is 13.1 Å². The maximum absolute atomic E-state index is 12.4. The van der Waals surface area contributed by atoms with Gasteiger partial charge in [0.15, 0.2) is 0 Å². The van der Waals surface area contributed by atoms with E-state index in [1.165, 1.54) is 6.42 Å². The molecule has 2 rings (SSSR count). The monoisotopic (exact) mass is 313 g/mol. The topological polar surface area (TPSA) is 74.0 Å². The Morgan fingerprint density at radius 1 is 1.24 bits per heavy atom. The number of hydrogen-bond donors (Lipinski definition) is 3. The summed E-state index contributed by atoms with van der Waals surface area (Å²) in [6.07, 6.45) is 4.62. The number of aromatic nitrogens is 1. The lowest BCUT2D eigenvalue weighted by molar-refractivity contribution is 0.257. The van der Waals surface area contributed by atoms with Gasteiger partial charge in [0.1, 0.15) is 0 Å². The average molecular weight is 313 g/mol. The smallest absolute Gasteiger partial charge is 0.242 e. The molecule has 1 saturated carbocycles. The first-order chi connectivity index (χ1) is 9.90. The molecule has 21 heavy (non-hydrogen) atoms. The lowest BCUT2D eigenvalue weighted by Crippen LogP contribution is -2.39. The van der Waals surface area contributed by atoms with Crippen LogP contribution in [0, 0.1) is 11.8 Å². The fourth-order valence-electron chi connectivity index (χ4n) is 3.27. The van der Waals surface area contributed by atoms with Crippen LogP contribution in [0.25, 0.3) is 0 Å². The van der Waals surface area contributed by atoms with Gasteiger partial charge < -0.3 is 10.3 Å². The van der Waals surface area contributed by atoms with E-state index in [9.17, 15) is 8.42 Å². The van der Waals surface area contributed by atoms with E-state index >= 15 is 0 Å². The summed E-state index contributed by atoms with van der Waals surface area (Å²) < 4.78 is 27.8. The lowest BCUT2D eigenvalue weighted by atomic mass is 9.81. The minimum Gasteiger partial charge on any atom is -0.363 e. The summed E-state index contributed by atoms with van der Waals surface area (Å²) in [5.74, 6) is 1.16. The molecule has 1 aliphatic carbocycles. The van der Waals surface area contributed by atoms with Crippen molar-refractivity contribution in [2.45, 2.75) is 57.5 Å². The molecule has 0 saturated heterocycles. The number of aromatic amines is 1. The molecule has 1 fully saturated rings. The lowest BCUT2D eigenvalue weighted by Gasteiger charge is -2.31. The van der Waals surface area contributed by atoms with Crippen LogP contribution in [0.15, 0.2) is 17.2 Å². The molecule has 1 aromatic heterocycles. The minimum absolute atomic E-state index is 0.0564. The first-order valence-electron chi connectivity index (χ1n) is 7.81. The van der Waals surface area contributed by atoms with Crippen LogP contribution in [-0.2, 0) is 16.6 Å². The van der Waals surface area contributed by atoms with E-state index < -0.39 is 10.0 Å². The molecule has 0 radical (unpaired) electrons. The standard InChI is InChI=1S/C15H27N3O2S/c1-4-16-9-14-8-15(10-17-14)21(19,20)18-13-6-11(2)5-12(3)7-13/h8,10-13,16-18H,4-7,9H2,1-3H3. The van der Waals surface area contributed by atoms with Crippen LogP contribution in [0.1, 0.15) is 45.7 Å². The summed E-state index contributed by atoms with van der Waals surface area (Å²) >= 11 is 0. The summed E-state index contributed by atoms with van der Waals surface area (Å²) in [6.45, 7) is 7.93. The van der Waals surface area contributed by atoms with Crippen molar-refractivity contribution in [2.24, 2.45) is 11.8 Å². The third-order valence-electron chi connectivity index (χ3n) is 4.09. The minimum atomic E-state index is -3.42. The van der Waals surface area contributed by atoms with Gasteiger partial charge in [-0.1, -0.05) is 20.8 Å².